The maximum absolute atomic E-state index is 12.9. The first kappa shape index (κ1) is 20.5. The second-order valence-corrected chi connectivity index (χ2v) is 6.38. The Bertz CT molecular complexity index is 1260. The van der Waals surface area contributed by atoms with Gasteiger partial charge in [-0.15, -0.1) is 5.10 Å². The quantitative estimate of drug-likeness (QED) is 0.326. The van der Waals surface area contributed by atoms with Gasteiger partial charge in [0.15, 0.2) is 5.69 Å². The zero-order valence-electron chi connectivity index (χ0n) is 17.1. The third-order valence-corrected chi connectivity index (χ3v) is 4.42. The van der Waals surface area contributed by atoms with Crippen LogP contribution >= 0.6 is 0 Å². The number of amides is 1. The maximum Gasteiger partial charge on any atom is 0.294 e. The number of carbonyl (C=O) groups is 1. The minimum absolute atomic E-state index is 0.00691. The molecule has 0 aliphatic heterocycles. The van der Waals surface area contributed by atoms with E-state index in [2.05, 4.69) is 35.8 Å². The minimum Gasteiger partial charge on any atom is -0.497 e. The third-order valence-electron chi connectivity index (χ3n) is 4.42. The summed E-state index contributed by atoms with van der Waals surface area (Å²) in [5.74, 6) is 0.784. The highest BCUT2D eigenvalue weighted by molar-refractivity contribution is 5.99. The van der Waals surface area contributed by atoms with Crippen LogP contribution in [0.2, 0.25) is 0 Å². The van der Waals surface area contributed by atoms with Gasteiger partial charge in [0, 0.05) is 5.56 Å². The SMILES string of the molecule is COc1ccc(/C=N\NC(=O)c2nnn(-c3nonc3N)c2-c2cccc(OC)c2)cc1. The number of ether oxygens (including phenoxy) is 2. The largest absolute Gasteiger partial charge is 0.497 e. The fraction of sp³-hybridized carbons (Fsp3) is 0.100. The highest BCUT2D eigenvalue weighted by atomic mass is 16.6. The smallest absolute Gasteiger partial charge is 0.294 e. The number of benzene rings is 2. The lowest BCUT2D eigenvalue weighted by molar-refractivity contribution is 0.0950. The number of hydrazone groups is 1. The van der Waals surface area contributed by atoms with Crippen molar-refractivity contribution < 1.29 is 18.9 Å². The molecule has 0 aliphatic rings. The van der Waals surface area contributed by atoms with Crippen LogP contribution < -0.4 is 20.6 Å². The van der Waals surface area contributed by atoms with Gasteiger partial charge in [-0.2, -0.15) is 9.78 Å². The van der Waals surface area contributed by atoms with Crippen LogP contribution in [0.25, 0.3) is 17.1 Å². The number of hydrogen-bond acceptors (Lipinski definition) is 10. The number of carbonyl (C=O) groups excluding carboxylic acids is 1. The van der Waals surface area contributed by atoms with Crippen LogP contribution in [0, 0.1) is 0 Å². The normalized spacial score (nSPS) is 10.9. The molecule has 4 rings (SSSR count). The Labute approximate surface area is 181 Å². The number of hydrogen-bond donors (Lipinski definition) is 2. The van der Waals surface area contributed by atoms with E-state index >= 15 is 0 Å². The number of methoxy groups -OCH3 is 2. The van der Waals surface area contributed by atoms with E-state index in [1.54, 1.807) is 55.6 Å². The molecule has 0 saturated carbocycles. The van der Waals surface area contributed by atoms with Gasteiger partial charge in [-0.3, -0.25) is 4.79 Å². The summed E-state index contributed by atoms with van der Waals surface area (Å²) in [6.45, 7) is 0. The van der Waals surface area contributed by atoms with Crippen molar-refractivity contribution in [2.24, 2.45) is 5.10 Å². The molecule has 0 bridgehead atoms. The molecule has 0 aliphatic carbocycles. The highest BCUT2D eigenvalue weighted by Gasteiger charge is 2.25. The van der Waals surface area contributed by atoms with Gasteiger partial charge < -0.3 is 15.2 Å². The van der Waals surface area contributed by atoms with Crippen molar-refractivity contribution in [3.8, 4) is 28.6 Å². The summed E-state index contributed by atoms with van der Waals surface area (Å²) < 4.78 is 16.3. The van der Waals surface area contributed by atoms with Crippen LogP contribution in [-0.4, -0.2) is 51.6 Å². The van der Waals surface area contributed by atoms with E-state index < -0.39 is 5.91 Å². The zero-order valence-corrected chi connectivity index (χ0v) is 17.1. The van der Waals surface area contributed by atoms with Gasteiger partial charge in [0.2, 0.25) is 11.6 Å². The summed E-state index contributed by atoms with van der Waals surface area (Å²) in [6, 6.07) is 14.2. The van der Waals surface area contributed by atoms with Gasteiger partial charge in [0.05, 0.1) is 20.4 Å². The van der Waals surface area contributed by atoms with E-state index in [9.17, 15) is 4.79 Å². The number of aromatic nitrogens is 5. The summed E-state index contributed by atoms with van der Waals surface area (Å²) in [4.78, 5) is 12.9. The fourth-order valence-corrected chi connectivity index (χ4v) is 2.86. The van der Waals surface area contributed by atoms with E-state index in [1.165, 1.54) is 18.0 Å². The fourth-order valence-electron chi connectivity index (χ4n) is 2.86. The summed E-state index contributed by atoms with van der Waals surface area (Å²) in [6.07, 6.45) is 1.49. The third kappa shape index (κ3) is 4.09. The van der Waals surface area contributed by atoms with Crippen LogP contribution in [0.5, 0.6) is 11.5 Å². The van der Waals surface area contributed by atoms with E-state index in [0.29, 0.717) is 22.8 Å². The summed E-state index contributed by atoms with van der Waals surface area (Å²) in [5, 5.41) is 19.3. The molecule has 0 unspecified atom stereocenters. The number of nitrogens with zero attached hydrogens (tertiary/aromatic N) is 6. The van der Waals surface area contributed by atoms with Crippen molar-refractivity contribution in [1.82, 2.24) is 30.7 Å². The average Bonchev–Trinajstić information content (AvgIpc) is 3.45. The number of nitrogens with two attached hydrogens (primary N) is 1. The molecule has 2 heterocycles. The predicted molar refractivity (Wildman–Crippen MR) is 114 cm³/mol. The lowest BCUT2D eigenvalue weighted by Crippen LogP contribution is -2.19. The molecule has 0 atom stereocenters. The molecule has 12 nitrogen and oxygen atoms in total. The van der Waals surface area contributed by atoms with Crippen LogP contribution in [0.4, 0.5) is 5.82 Å². The molecular weight excluding hydrogens is 416 g/mol. The van der Waals surface area contributed by atoms with Gasteiger partial charge in [-0.05, 0) is 52.3 Å². The number of anilines is 1. The van der Waals surface area contributed by atoms with Gasteiger partial charge in [0.1, 0.15) is 17.2 Å². The molecule has 2 aromatic heterocycles. The van der Waals surface area contributed by atoms with Gasteiger partial charge in [-0.25, -0.2) is 10.1 Å². The Balaban J connectivity index is 1.67. The van der Waals surface area contributed by atoms with Gasteiger partial charge in [-0.1, -0.05) is 17.3 Å². The molecule has 2 aromatic carbocycles. The molecule has 1 amide bonds. The molecule has 0 fully saturated rings. The maximum atomic E-state index is 12.9. The van der Waals surface area contributed by atoms with Crippen molar-refractivity contribution in [3.05, 3.63) is 59.8 Å². The van der Waals surface area contributed by atoms with Crippen LogP contribution in [0.1, 0.15) is 16.1 Å². The number of nitrogen functional groups attached to an aromatic ring is 1. The van der Waals surface area contributed by atoms with Gasteiger partial charge in [0.25, 0.3) is 5.91 Å². The second-order valence-electron chi connectivity index (χ2n) is 6.38. The van der Waals surface area contributed by atoms with E-state index in [0.717, 1.165) is 5.56 Å². The van der Waals surface area contributed by atoms with Crippen molar-refractivity contribution in [1.29, 1.82) is 0 Å². The predicted octanol–water partition coefficient (Wildman–Crippen LogP) is 1.68. The topological polar surface area (TPSA) is 156 Å². The van der Waals surface area contributed by atoms with Gasteiger partial charge >= 0.3 is 0 Å². The van der Waals surface area contributed by atoms with Crippen LogP contribution in [0.3, 0.4) is 0 Å². The number of nitrogens with one attached hydrogen (secondary N) is 1. The van der Waals surface area contributed by atoms with E-state index in [4.69, 9.17) is 15.2 Å². The van der Waals surface area contributed by atoms with Crippen LogP contribution in [0.15, 0.2) is 58.3 Å². The summed E-state index contributed by atoms with van der Waals surface area (Å²) in [7, 11) is 3.12. The summed E-state index contributed by atoms with van der Waals surface area (Å²) in [5.41, 5.74) is 9.92. The Morgan fingerprint density at radius 3 is 2.59 bits per heavy atom. The Hall–Kier alpha value is -4.74. The molecule has 162 valence electrons. The molecule has 0 spiro atoms. The summed E-state index contributed by atoms with van der Waals surface area (Å²) >= 11 is 0. The molecule has 4 aromatic rings. The minimum atomic E-state index is -0.589. The average molecular weight is 434 g/mol. The molecule has 0 radical (unpaired) electrons. The molecular formula is C20H18N8O4. The monoisotopic (exact) mass is 434 g/mol. The highest BCUT2D eigenvalue weighted by Crippen LogP contribution is 2.28. The zero-order chi connectivity index (χ0) is 22.5. The lowest BCUT2D eigenvalue weighted by atomic mass is 10.1. The van der Waals surface area contributed by atoms with Crippen molar-refractivity contribution in [2.75, 3.05) is 20.0 Å². The van der Waals surface area contributed by atoms with Crippen molar-refractivity contribution >= 4 is 17.9 Å². The number of rotatable bonds is 7. The van der Waals surface area contributed by atoms with Crippen molar-refractivity contribution in [3.63, 3.8) is 0 Å². The molecule has 0 saturated heterocycles. The second kappa shape index (κ2) is 8.95. The Morgan fingerprint density at radius 1 is 1.12 bits per heavy atom. The first-order valence-corrected chi connectivity index (χ1v) is 9.26. The first-order valence-electron chi connectivity index (χ1n) is 9.26. The molecule has 32 heavy (non-hydrogen) atoms. The van der Waals surface area contributed by atoms with Crippen LogP contribution in [-0.2, 0) is 0 Å². The van der Waals surface area contributed by atoms with E-state index in [-0.39, 0.29) is 17.3 Å². The first-order chi connectivity index (χ1) is 15.6. The molecule has 12 heteroatoms. The van der Waals surface area contributed by atoms with E-state index in [1.807, 2.05) is 0 Å². The Morgan fingerprint density at radius 2 is 1.91 bits per heavy atom. The lowest BCUT2D eigenvalue weighted by Gasteiger charge is -2.07. The molecule has 3 N–H and O–H groups in total. The van der Waals surface area contributed by atoms with Crippen molar-refractivity contribution in [2.45, 2.75) is 0 Å². The standard InChI is InChI=1S/C20H18N8O4/c1-30-14-8-6-12(7-9-14)11-22-24-20(29)16-17(13-4-3-5-15(10-13)31-2)28(27-23-16)19-18(21)25-32-26-19/h3-11H,1-2H3,(H2,21,25)(H,24,29)/b22-11-. The Kier molecular flexibility index (Phi) is 5.74.